The lowest BCUT2D eigenvalue weighted by Gasteiger charge is -2.61. The zero-order valence-electron chi connectivity index (χ0n) is 26.9. The first-order chi connectivity index (χ1) is 19.6. The first kappa shape index (κ1) is 32.4. The van der Waals surface area contributed by atoms with E-state index in [0.29, 0.717) is 17.3 Å². The Labute approximate surface area is 251 Å². The van der Waals surface area contributed by atoms with E-state index in [1.54, 1.807) is 13.1 Å². The molecule has 1 unspecified atom stereocenters. The minimum absolute atomic E-state index is 0.215. The largest absolute Gasteiger partial charge is 0.410 e. The summed E-state index contributed by atoms with van der Waals surface area (Å²) in [5.74, 6) is -4.20. The van der Waals surface area contributed by atoms with Crippen molar-refractivity contribution in [2.45, 2.75) is 131 Å². The SMILES string of the molecule is CC(C)CCC[C@@H](C)[C@H]1CC[C@H]2[C@@H]3CC[C@H]4CC(O[Si](C)(C)c5c(F)c(F)c(F)c(F)c5F)CC[C@]4(C)[C@H]3CC[C@]12C. The van der Waals surface area contributed by atoms with Gasteiger partial charge in [0.2, 0.25) is 14.1 Å². The number of benzene rings is 1. The second-order valence-corrected chi connectivity index (χ2v) is 19.9. The summed E-state index contributed by atoms with van der Waals surface area (Å²) in [5, 5.41) is -0.739. The van der Waals surface area contributed by atoms with E-state index in [0.717, 1.165) is 55.3 Å². The van der Waals surface area contributed by atoms with Gasteiger partial charge in [0.15, 0.2) is 23.3 Å². The molecule has 1 aromatic rings. The number of rotatable bonds is 8. The third kappa shape index (κ3) is 5.43. The second-order valence-electron chi connectivity index (χ2n) is 16.2. The lowest BCUT2D eigenvalue weighted by atomic mass is 9.44. The molecule has 0 aromatic heterocycles. The average molecular weight is 613 g/mol. The van der Waals surface area contributed by atoms with Gasteiger partial charge in [0.25, 0.3) is 0 Å². The molecule has 0 amide bonds. The zero-order chi connectivity index (χ0) is 30.8. The number of hydrogen-bond acceptors (Lipinski definition) is 1. The van der Waals surface area contributed by atoms with E-state index in [4.69, 9.17) is 4.43 Å². The van der Waals surface area contributed by atoms with E-state index in [9.17, 15) is 22.0 Å². The highest BCUT2D eigenvalue weighted by atomic mass is 28.4. The van der Waals surface area contributed by atoms with E-state index < -0.39 is 42.6 Å². The molecule has 0 N–H and O–H groups in total. The van der Waals surface area contributed by atoms with Crippen LogP contribution in [0.25, 0.3) is 0 Å². The van der Waals surface area contributed by atoms with Gasteiger partial charge in [-0.3, -0.25) is 0 Å². The molecule has 0 radical (unpaired) electrons. The highest BCUT2D eigenvalue weighted by Gasteiger charge is 2.60. The third-order valence-corrected chi connectivity index (χ3v) is 15.7. The number of hydrogen-bond donors (Lipinski definition) is 0. The average Bonchev–Trinajstić information content (AvgIpc) is 3.28. The Kier molecular flexibility index (Phi) is 9.09. The molecular formula is C35H53F5OSi. The van der Waals surface area contributed by atoms with Crippen molar-refractivity contribution >= 4 is 13.5 Å². The van der Waals surface area contributed by atoms with Gasteiger partial charge >= 0.3 is 0 Å². The molecule has 4 aliphatic rings. The van der Waals surface area contributed by atoms with E-state index in [2.05, 4.69) is 34.6 Å². The Morgan fingerprint density at radius 2 is 1.33 bits per heavy atom. The topological polar surface area (TPSA) is 9.23 Å². The predicted octanol–water partition coefficient (Wildman–Crippen LogP) is 10.3. The maximum atomic E-state index is 14.7. The standard InChI is InChI=1S/C35H53F5OSi/c1-20(2)9-8-10-21(3)25-13-14-26-24-12-11-22-19-23(15-17-34(22,4)27(24)16-18-35(25,26)5)41-42(6,7)33-31(39)29(37)28(36)30(38)32(33)40/h20-27H,8-19H2,1-7H3/t21-,22+,23?,24+,25-,26+,27+,34+,35-/m1/s1. The molecule has 238 valence electrons. The Morgan fingerprint density at radius 3 is 1.98 bits per heavy atom. The lowest BCUT2D eigenvalue weighted by molar-refractivity contribution is -0.127. The summed E-state index contributed by atoms with van der Waals surface area (Å²) in [6.07, 6.45) is 14.1. The molecule has 0 heterocycles. The summed E-state index contributed by atoms with van der Waals surface area (Å²) in [4.78, 5) is 0. The van der Waals surface area contributed by atoms with Crippen molar-refractivity contribution in [3.05, 3.63) is 29.1 Å². The van der Waals surface area contributed by atoms with Crippen molar-refractivity contribution in [1.82, 2.24) is 0 Å². The van der Waals surface area contributed by atoms with Crippen LogP contribution in [-0.4, -0.2) is 14.4 Å². The van der Waals surface area contributed by atoms with Gasteiger partial charge in [-0.15, -0.1) is 0 Å². The zero-order valence-corrected chi connectivity index (χ0v) is 27.9. The molecule has 7 heteroatoms. The van der Waals surface area contributed by atoms with E-state index in [-0.39, 0.29) is 11.5 Å². The monoisotopic (exact) mass is 612 g/mol. The van der Waals surface area contributed by atoms with Crippen LogP contribution in [0.3, 0.4) is 0 Å². The Morgan fingerprint density at radius 1 is 0.738 bits per heavy atom. The van der Waals surface area contributed by atoms with Crippen LogP contribution in [0.15, 0.2) is 0 Å². The Hall–Kier alpha value is -0.953. The smallest absolute Gasteiger partial charge is 0.225 e. The molecule has 4 aliphatic carbocycles. The van der Waals surface area contributed by atoms with E-state index in [1.807, 2.05) is 0 Å². The van der Waals surface area contributed by atoms with Crippen LogP contribution in [0, 0.1) is 81.3 Å². The quantitative estimate of drug-likeness (QED) is 0.123. The van der Waals surface area contributed by atoms with Crippen molar-refractivity contribution in [2.75, 3.05) is 0 Å². The predicted molar refractivity (Wildman–Crippen MR) is 161 cm³/mol. The molecule has 5 rings (SSSR count). The van der Waals surface area contributed by atoms with Gasteiger partial charge in [-0.2, -0.15) is 0 Å². The van der Waals surface area contributed by atoms with Crippen LogP contribution in [0.2, 0.25) is 13.1 Å². The fourth-order valence-electron chi connectivity index (χ4n) is 11.0. The lowest BCUT2D eigenvalue weighted by Crippen LogP contribution is -2.56. The molecule has 0 aliphatic heterocycles. The molecular weight excluding hydrogens is 559 g/mol. The van der Waals surface area contributed by atoms with Crippen molar-refractivity contribution in [1.29, 1.82) is 0 Å². The van der Waals surface area contributed by atoms with Crippen LogP contribution in [-0.2, 0) is 4.43 Å². The molecule has 1 aromatic carbocycles. The molecule has 0 saturated heterocycles. The molecule has 0 bridgehead atoms. The summed E-state index contributed by atoms with van der Waals surface area (Å²) >= 11 is 0. The molecule has 42 heavy (non-hydrogen) atoms. The number of fused-ring (bicyclic) bond motifs is 5. The summed E-state index contributed by atoms with van der Waals surface area (Å²) in [5.41, 5.74) is 0.673. The molecule has 0 spiro atoms. The molecule has 4 saturated carbocycles. The van der Waals surface area contributed by atoms with Gasteiger partial charge in [0.05, 0.1) is 0 Å². The highest BCUT2D eigenvalue weighted by Crippen LogP contribution is 2.68. The first-order valence-corrected chi connectivity index (χ1v) is 19.7. The summed E-state index contributed by atoms with van der Waals surface area (Å²) in [6.45, 7) is 15.4. The van der Waals surface area contributed by atoms with Crippen molar-refractivity contribution in [2.24, 2.45) is 52.3 Å². The van der Waals surface area contributed by atoms with Crippen LogP contribution in [0.1, 0.15) is 112 Å². The maximum Gasteiger partial charge on any atom is 0.225 e. The fraction of sp³-hybridized carbons (Fsp3) is 0.829. The fourth-order valence-corrected chi connectivity index (χ4v) is 13.4. The molecule has 4 fully saturated rings. The third-order valence-electron chi connectivity index (χ3n) is 13.1. The number of halogens is 5. The van der Waals surface area contributed by atoms with E-state index in [1.165, 1.54) is 51.4 Å². The van der Waals surface area contributed by atoms with Crippen LogP contribution in [0.5, 0.6) is 0 Å². The van der Waals surface area contributed by atoms with Crippen LogP contribution >= 0.6 is 0 Å². The van der Waals surface area contributed by atoms with Gasteiger partial charge in [-0.1, -0.05) is 53.9 Å². The first-order valence-electron chi connectivity index (χ1n) is 16.8. The second kappa shape index (κ2) is 11.8. The van der Waals surface area contributed by atoms with Gasteiger partial charge in [0, 0.05) is 11.3 Å². The highest BCUT2D eigenvalue weighted by molar-refractivity contribution is 6.84. The van der Waals surface area contributed by atoms with Gasteiger partial charge in [0.1, 0.15) is 0 Å². The Balaban J connectivity index is 1.27. The van der Waals surface area contributed by atoms with Crippen molar-refractivity contribution in [3.63, 3.8) is 0 Å². The van der Waals surface area contributed by atoms with E-state index >= 15 is 0 Å². The van der Waals surface area contributed by atoms with Gasteiger partial charge in [-0.25, -0.2) is 22.0 Å². The Bertz CT molecular complexity index is 1130. The molecule has 9 atom stereocenters. The molecule has 1 nitrogen and oxygen atoms in total. The van der Waals surface area contributed by atoms with Crippen LogP contribution in [0.4, 0.5) is 22.0 Å². The normalized spacial score (nSPS) is 37.4. The minimum atomic E-state index is -3.42. The minimum Gasteiger partial charge on any atom is -0.410 e. The summed E-state index contributed by atoms with van der Waals surface area (Å²) in [6, 6.07) is 0. The van der Waals surface area contributed by atoms with Gasteiger partial charge < -0.3 is 4.43 Å². The summed E-state index contributed by atoms with van der Waals surface area (Å²) < 4.78 is 77.5. The van der Waals surface area contributed by atoms with Crippen molar-refractivity contribution in [3.8, 4) is 0 Å². The summed E-state index contributed by atoms with van der Waals surface area (Å²) in [7, 11) is -3.42. The van der Waals surface area contributed by atoms with Crippen LogP contribution < -0.4 is 5.19 Å². The van der Waals surface area contributed by atoms with Crippen molar-refractivity contribution < 1.29 is 26.4 Å². The van der Waals surface area contributed by atoms with Gasteiger partial charge in [-0.05, 0) is 123 Å². The maximum absolute atomic E-state index is 14.7.